The van der Waals surface area contributed by atoms with Crippen LogP contribution in [0.2, 0.25) is 0 Å². The van der Waals surface area contributed by atoms with Gasteiger partial charge in [-0.1, -0.05) is 24.3 Å². The van der Waals surface area contributed by atoms with E-state index >= 15 is 0 Å². The summed E-state index contributed by atoms with van der Waals surface area (Å²) in [6, 6.07) is 12.7. The first-order chi connectivity index (χ1) is 13.5. The Morgan fingerprint density at radius 3 is 1.93 bits per heavy atom. The Hall–Kier alpha value is -2.20. The molecular weight excluding hydrogens is 368 g/mol. The number of benzene rings is 2. The summed E-state index contributed by atoms with van der Waals surface area (Å²) in [6.45, 7) is -0.353. The number of hydrogen-bond donors (Lipinski definition) is 4. The summed E-state index contributed by atoms with van der Waals surface area (Å²) in [7, 11) is 0. The molecule has 0 aliphatic carbocycles. The fraction of sp³-hybridized carbons (Fsp3) is 0.400. The smallest absolute Gasteiger partial charge is 0.184 e. The van der Waals surface area contributed by atoms with Gasteiger partial charge >= 0.3 is 0 Å². The van der Waals surface area contributed by atoms with E-state index in [9.17, 15) is 20.4 Å². The van der Waals surface area contributed by atoms with E-state index in [-0.39, 0.29) is 18.1 Å². The topological polar surface area (TPSA) is 118 Å². The molecule has 0 spiro atoms. The Labute approximate surface area is 161 Å². The fourth-order valence-electron chi connectivity index (χ4n) is 3.35. The maximum Gasteiger partial charge on any atom is 0.184 e. The van der Waals surface area contributed by atoms with Gasteiger partial charge in [0.15, 0.2) is 12.6 Å². The summed E-state index contributed by atoms with van der Waals surface area (Å²) in [5, 5.41) is 39.4. The van der Waals surface area contributed by atoms with Crippen LogP contribution in [0.1, 0.15) is 23.7 Å². The van der Waals surface area contributed by atoms with Crippen LogP contribution in [0, 0.1) is 0 Å². The zero-order chi connectivity index (χ0) is 19.7. The second kappa shape index (κ2) is 8.04. The van der Waals surface area contributed by atoms with Crippen LogP contribution in [0.25, 0.3) is 0 Å². The van der Waals surface area contributed by atoms with E-state index in [2.05, 4.69) is 0 Å². The monoisotopic (exact) mass is 390 g/mol. The van der Waals surface area contributed by atoms with E-state index in [1.165, 1.54) is 24.3 Å². The third-order valence-electron chi connectivity index (χ3n) is 4.88. The molecule has 2 fully saturated rings. The second-order valence-corrected chi connectivity index (χ2v) is 6.80. The van der Waals surface area contributed by atoms with E-state index in [1.807, 2.05) is 0 Å². The molecule has 8 heteroatoms. The molecule has 2 aromatic carbocycles. The summed E-state index contributed by atoms with van der Waals surface area (Å²) >= 11 is 0. The molecule has 28 heavy (non-hydrogen) atoms. The summed E-state index contributed by atoms with van der Waals surface area (Å²) in [5.41, 5.74) is 1.31. The van der Waals surface area contributed by atoms with Gasteiger partial charge in [-0.15, -0.1) is 0 Å². The van der Waals surface area contributed by atoms with Crippen molar-refractivity contribution in [3.05, 3.63) is 59.7 Å². The van der Waals surface area contributed by atoms with Crippen LogP contribution >= 0.6 is 0 Å². The maximum atomic E-state index is 10.6. The highest BCUT2D eigenvalue weighted by atomic mass is 16.8. The minimum absolute atomic E-state index is 0.0410. The molecule has 4 rings (SSSR count). The number of aliphatic hydroxyl groups is 2. The molecule has 0 amide bonds. The van der Waals surface area contributed by atoms with Gasteiger partial charge in [-0.25, -0.2) is 0 Å². The number of aromatic hydroxyl groups is 2. The van der Waals surface area contributed by atoms with Gasteiger partial charge in [0, 0.05) is 11.1 Å². The van der Waals surface area contributed by atoms with Crippen LogP contribution in [0.15, 0.2) is 48.5 Å². The number of aliphatic hydroxyl groups excluding tert-OH is 2. The highest BCUT2D eigenvalue weighted by Gasteiger charge is 2.46. The lowest BCUT2D eigenvalue weighted by Crippen LogP contribution is -2.57. The van der Waals surface area contributed by atoms with Crippen LogP contribution in [-0.2, 0) is 18.9 Å². The van der Waals surface area contributed by atoms with Gasteiger partial charge in [-0.2, -0.15) is 0 Å². The van der Waals surface area contributed by atoms with Crippen LogP contribution in [0.4, 0.5) is 0 Å². The first-order valence-electron chi connectivity index (χ1n) is 9.00. The Kier molecular flexibility index (Phi) is 5.49. The van der Waals surface area contributed by atoms with Crippen molar-refractivity contribution in [2.24, 2.45) is 0 Å². The summed E-state index contributed by atoms with van der Waals surface area (Å²) in [4.78, 5) is 0. The first-order valence-corrected chi connectivity index (χ1v) is 9.00. The minimum atomic E-state index is -1.05. The number of rotatable bonds is 3. The van der Waals surface area contributed by atoms with E-state index in [1.54, 1.807) is 24.3 Å². The average Bonchev–Trinajstić information content (AvgIpc) is 2.71. The molecule has 6 atom stereocenters. The van der Waals surface area contributed by atoms with Crippen molar-refractivity contribution in [2.45, 2.75) is 37.0 Å². The van der Waals surface area contributed by atoms with Gasteiger partial charge in [-0.05, 0) is 24.3 Å². The van der Waals surface area contributed by atoms with Crippen molar-refractivity contribution < 1.29 is 39.4 Å². The first kappa shape index (κ1) is 19.1. The Morgan fingerprint density at radius 1 is 0.786 bits per heavy atom. The Bertz CT molecular complexity index is 732. The van der Waals surface area contributed by atoms with Crippen LogP contribution < -0.4 is 0 Å². The zero-order valence-corrected chi connectivity index (χ0v) is 14.9. The van der Waals surface area contributed by atoms with Crippen molar-refractivity contribution in [1.82, 2.24) is 0 Å². The van der Waals surface area contributed by atoms with E-state index in [0.717, 1.165) is 0 Å². The normalized spacial score (nSPS) is 33.1. The highest BCUT2D eigenvalue weighted by Crippen LogP contribution is 2.37. The van der Waals surface area contributed by atoms with Crippen LogP contribution in [0.3, 0.4) is 0 Å². The summed E-state index contributed by atoms with van der Waals surface area (Å²) in [5.74, 6) is 0.231. The van der Waals surface area contributed by atoms with Gasteiger partial charge in [0.25, 0.3) is 0 Å². The predicted octanol–water partition coefficient (Wildman–Crippen LogP) is 1.35. The molecule has 2 unspecified atom stereocenters. The van der Waals surface area contributed by atoms with Crippen molar-refractivity contribution in [2.75, 3.05) is 13.2 Å². The molecule has 2 saturated heterocycles. The average molecular weight is 390 g/mol. The van der Waals surface area contributed by atoms with Crippen LogP contribution in [-0.4, -0.2) is 58.1 Å². The largest absolute Gasteiger partial charge is 0.508 e. The zero-order valence-electron chi connectivity index (χ0n) is 14.9. The van der Waals surface area contributed by atoms with E-state index in [4.69, 9.17) is 18.9 Å². The lowest BCUT2D eigenvalue weighted by molar-refractivity contribution is -0.352. The third kappa shape index (κ3) is 3.83. The molecule has 4 N–H and O–H groups in total. The molecular formula is C20H22O8. The Morgan fingerprint density at radius 2 is 1.36 bits per heavy atom. The number of hydrogen-bond acceptors (Lipinski definition) is 8. The number of phenols is 2. The SMILES string of the molecule is OC[C@H]1OC(c2ccc(O)cc2)OC[C@@H]2OC(c3ccc(O)cc3)O[C@@H]1[C@H]2O. The summed E-state index contributed by atoms with van der Waals surface area (Å²) < 4.78 is 23.5. The van der Waals surface area contributed by atoms with Gasteiger partial charge in [0.05, 0.1) is 13.2 Å². The molecule has 2 aromatic rings. The number of phenolic OH excluding ortho intramolecular Hbond substituents is 2. The molecule has 8 nitrogen and oxygen atoms in total. The van der Waals surface area contributed by atoms with Crippen molar-refractivity contribution in [3.63, 3.8) is 0 Å². The molecule has 150 valence electrons. The standard InChI is InChI=1S/C20H22O8/c21-9-15-18-17(24)16(27-20(28-18)12-3-7-14(23)8-4-12)10-25-19(26-15)11-1-5-13(22)6-2-11/h1-8,15-24H,9-10H2/t15-,16+,17+,18+,19?,20?/m1/s1. The molecule has 0 saturated carbocycles. The minimum Gasteiger partial charge on any atom is -0.508 e. The van der Waals surface area contributed by atoms with Gasteiger partial charge in [-0.3, -0.25) is 0 Å². The van der Waals surface area contributed by atoms with Crippen molar-refractivity contribution >= 4 is 0 Å². The lowest BCUT2D eigenvalue weighted by Gasteiger charge is -2.45. The number of ether oxygens (including phenoxy) is 4. The molecule has 0 radical (unpaired) electrons. The molecule has 0 aromatic heterocycles. The van der Waals surface area contributed by atoms with E-state index < -0.39 is 43.6 Å². The van der Waals surface area contributed by atoms with Crippen molar-refractivity contribution in [1.29, 1.82) is 0 Å². The van der Waals surface area contributed by atoms with Crippen molar-refractivity contribution in [3.8, 4) is 11.5 Å². The van der Waals surface area contributed by atoms with Crippen LogP contribution in [0.5, 0.6) is 11.5 Å². The van der Waals surface area contributed by atoms with Gasteiger partial charge in [0.1, 0.15) is 35.9 Å². The number of fused-ring (bicyclic) bond motifs is 2. The quantitative estimate of drug-likeness (QED) is 0.620. The van der Waals surface area contributed by atoms with Gasteiger partial charge in [0.2, 0.25) is 0 Å². The lowest BCUT2D eigenvalue weighted by atomic mass is 10.00. The van der Waals surface area contributed by atoms with Gasteiger partial charge < -0.3 is 39.4 Å². The summed E-state index contributed by atoms with van der Waals surface area (Å²) in [6.07, 6.45) is -5.06. The molecule has 2 aliphatic heterocycles. The predicted molar refractivity (Wildman–Crippen MR) is 95.4 cm³/mol. The third-order valence-corrected chi connectivity index (χ3v) is 4.88. The highest BCUT2D eigenvalue weighted by molar-refractivity contribution is 5.28. The fourth-order valence-corrected chi connectivity index (χ4v) is 3.35. The molecule has 2 bridgehead atoms. The maximum absolute atomic E-state index is 10.6. The molecule has 2 heterocycles. The van der Waals surface area contributed by atoms with E-state index in [0.29, 0.717) is 11.1 Å². The second-order valence-electron chi connectivity index (χ2n) is 6.80. The molecule has 2 aliphatic rings. The Balaban J connectivity index is 1.57.